The average Bonchev–Trinajstić information content (AvgIpc) is 2.74. The Bertz CT molecular complexity index is 263. The molecule has 0 bridgehead atoms. The third-order valence-corrected chi connectivity index (χ3v) is 4.56. The number of carbonyl (C=O) groups excluding carboxylic acids is 1. The second-order valence-electron chi connectivity index (χ2n) is 5.26. The van der Waals surface area contributed by atoms with Crippen LogP contribution in [0.15, 0.2) is 0 Å². The second-order valence-corrected chi connectivity index (χ2v) is 5.26. The lowest BCUT2D eigenvalue weighted by molar-refractivity contribution is -0.147. The molecular formula is C15H29NO2. The number of rotatable bonds is 7. The Balaban J connectivity index is 2.89. The number of hydrogen-bond acceptors (Lipinski definition) is 3. The van der Waals surface area contributed by atoms with Gasteiger partial charge in [-0.1, -0.05) is 33.6 Å². The molecule has 106 valence electrons. The van der Waals surface area contributed by atoms with E-state index < -0.39 is 0 Å². The standard InChI is InChI=1S/C15H29NO2/c1-5-13-10-9-11-15(13,16(6-2)7-3)12-14(17)18-8-4/h13H,5-12H2,1-4H3. The molecule has 1 aliphatic carbocycles. The molecule has 3 nitrogen and oxygen atoms in total. The Morgan fingerprint density at radius 2 is 1.94 bits per heavy atom. The van der Waals surface area contributed by atoms with E-state index in [9.17, 15) is 4.79 Å². The number of ether oxygens (including phenoxy) is 1. The maximum atomic E-state index is 12.0. The molecule has 3 heteroatoms. The van der Waals surface area contributed by atoms with Crippen molar-refractivity contribution in [2.75, 3.05) is 19.7 Å². The topological polar surface area (TPSA) is 29.5 Å². The highest BCUT2D eigenvalue weighted by molar-refractivity contribution is 5.71. The third-order valence-electron chi connectivity index (χ3n) is 4.56. The molecule has 0 radical (unpaired) electrons. The number of nitrogens with zero attached hydrogens (tertiary/aromatic N) is 1. The van der Waals surface area contributed by atoms with Crippen LogP contribution in [0.4, 0.5) is 0 Å². The number of hydrogen-bond donors (Lipinski definition) is 0. The zero-order valence-corrected chi connectivity index (χ0v) is 12.5. The summed E-state index contributed by atoms with van der Waals surface area (Å²) in [4.78, 5) is 14.4. The first kappa shape index (κ1) is 15.5. The van der Waals surface area contributed by atoms with Crippen molar-refractivity contribution in [2.45, 2.75) is 65.3 Å². The highest BCUT2D eigenvalue weighted by Crippen LogP contribution is 2.44. The summed E-state index contributed by atoms with van der Waals surface area (Å²) in [6.07, 6.45) is 5.38. The van der Waals surface area contributed by atoms with E-state index in [4.69, 9.17) is 4.74 Å². The van der Waals surface area contributed by atoms with Crippen molar-refractivity contribution in [1.29, 1.82) is 0 Å². The molecule has 0 aromatic heterocycles. The first-order valence-electron chi connectivity index (χ1n) is 7.55. The third kappa shape index (κ3) is 3.05. The van der Waals surface area contributed by atoms with Crippen molar-refractivity contribution < 1.29 is 9.53 Å². The van der Waals surface area contributed by atoms with Crippen LogP contribution in [0.2, 0.25) is 0 Å². The Kier molecular flexibility index (Phi) is 6.13. The van der Waals surface area contributed by atoms with E-state index in [1.807, 2.05) is 6.92 Å². The molecular weight excluding hydrogens is 226 g/mol. The van der Waals surface area contributed by atoms with Gasteiger partial charge in [0.05, 0.1) is 13.0 Å². The van der Waals surface area contributed by atoms with Crippen LogP contribution in [0.3, 0.4) is 0 Å². The molecule has 2 atom stereocenters. The maximum Gasteiger partial charge on any atom is 0.307 e. The summed E-state index contributed by atoms with van der Waals surface area (Å²) in [5.41, 5.74) is 0.0600. The molecule has 0 amide bonds. The molecule has 1 saturated carbocycles. The fourth-order valence-electron chi connectivity index (χ4n) is 3.79. The highest BCUT2D eigenvalue weighted by Gasteiger charge is 2.46. The van der Waals surface area contributed by atoms with Crippen LogP contribution in [0.5, 0.6) is 0 Å². The van der Waals surface area contributed by atoms with Crippen molar-refractivity contribution in [2.24, 2.45) is 5.92 Å². The first-order valence-corrected chi connectivity index (χ1v) is 7.55. The van der Waals surface area contributed by atoms with E-state index in [2.05, 4.69) is 25.7 Å². The van der Waals surface area contributed by atoms with Gasteiger partial charge in [-0.05, 0) is 38.8 Å². The summed E-state index contributed by atoms with van der Waals surface area (Å²) < 4.78 is 5.20. The predicted molar refractivity (Wildman–Crippen MR) is 74.5 cm³/mol. The molecule has 0 heterocycles. The van der Waals surface area contributed by atoms with Gasteiger partial charge in [-0.15, -0.1) is 0 Å². The van der Waals surface area contributed by atoms with Gasteiger partial charge in [-0.3, -0.25) is 9.69 Å². The fraction of sp³-hybridized carbons (Fsp3) is 0.933. The van der Waals surface area contributed by atoms with E-state index in [1.54, 1.807) is 0 Å². The van der Waals surface area contributed by atoms with Crippen LogP contribution in [-0.4, -0.2) is 36.1 Å². The molecule has 1 rings (SSSR count). The summed E-state index contributed by atoms with van der Waals surface area (Å²) in [7, 11) is 0. The van der Waals surface area contributed by atoms with E-state index in [-0.39, 0.29) is 11.5 Å². The van der Waals surface area contributed by atoms with Crippen molar-refractivity contribution in [3.05, 3.63) is 0 Å². The minimum atomic E-state index is -0.0234. The Labute approximate surface area is 112 Å². The second kappa shape index (κ2) is 7.13. The van der Waals surface area contributed by atoms with Crippen LogP contribution in [0.25, 0.3) is 0 Å². The molecule has 0 saturated heterocycles. The average molecular weight is 255 g/mol. The summed E-state index contributed by atoms with van der Waals surface area (Å²) >= 11 is 0. The monoisotopic (exact) mass is 255 g/mol. The van der Waals surface area contributed by atoms with Crippen molar-refractivity contribution in [3.8, 4) is 0 Å². The summed E-state index contributed by atoms with van der Waals surface area (Å²) in [5, 5.41) is 0. The summed E-state index contributed by atoms with van der Waals surface area (Å²) in [6, 6.07) is 0. The summed E-state index contributed by atoms with van der Waals surface area (Å²) in [6.45, 7) is 11.1. The van der Waals surface area contributed by atoms with Crippen molar-refractivity contribution in [1.82, 2.24) is 4.90 Å². The van der Waals surface area contributed by atoms with Gasteiger partial charge >= 0.3 is 5.97 Å². The minimum absolute atomic E-state index is 0.0234. The van der Waals surface area contributed by atoms with Gasteiger partial charge in [-0.2, -0.15) is 0 Å². The van der Waals surface area contributed by atoms with Crippen LogP contribution >= 0.6 is 0 Å². The van der Waals surface area contributed by atoms with E-state index >= 15 is 0 Å². The van der Waals surface area contributed by atoms with Gasteiger partial charge in [0.2, 0.25) is 0 Å². The Morgan fingerprint density at radius 3 is 2.44 bits per heavy atom. The summed E-state index contributed by atoms with van der Waals surface area (Å²) in [5.74, 6) is 0.617. The molecule has 0 N–H and O–H groups in total. The molecule has 1 fully saturated rings. The zero-order valence-electron chi connectivity index (χ0n) is 12.5. The molecule has 0 aromatic rings. The van der Waals surface area contributed by atoms with Gasteiger partial charge < -0.3 is 4.74 Å². The minimum Gasteiger partial charge on any atom is -0.466 e. The van der Waals surface area contributed by atoms with Crippen LogP contribution < -0.4 is 0 Å². The zero-order chi connectivity index (χ0) is 13.6. The van der Waals surface area contributed by atoms with Crippen LogP contribution in [-0.2, 0) is 9.53 Å². The largest absolute Gasteiger partial charge is 0.466 e. The predicted octanol–water partition coefficient (Wildman–Crippen LogP) is 3.23. The van der Waals surface area contributed by atoms with Crippen LogP contribution in [0.1, 0.15) is 59.8 Å². The van der Waals surface area contributed by atoms with E-state index in [0.29, 0.717) is 18.9 Å². The molecule has 0 aromatic carbocycles. The fourth-order valence-corrected chi connectivity index (χ4v) is 3.79. The van der Waals surface area contributed by atoms with Gasteiger partial charge in [0.1, 0.15) is 0 Å². The Hall–Kier alpha value is -0.570. The van der Waals surface area contributed by atoms with Gasteiger partial charge in [0.15, 0.2) is 0 Å². The number of carbonyl (C=O) groups is 1. The van der Waals surface area contributed by atoms with Crippen molar-refractivity contribution in [3.63, 3.8) is 0 Å². The lowest BCUT2D eigenvalue weighted by atomic mass is 9.80. The van der Waals surface area contributed by atoms with Gasteiger partial charge in [0.25, 0.3) is 0 Å². The quantitative estimate of drug-likeness (QED) is 0.654. The molecule has 0 spiro atoms. The first-order chi connectivity index (χ1) is 8.64. The highest BCUT2D eigenvalue weighted by atomic mass is 16.5. The van der Waals surface area contributed by atoms with Crippen LogP contribution in [0, 0.1) is 5.92 Å². The lowest BCUT2D eigenvalue weighted by Gasteiger charge is -2.44. The smallest absolute Gasteiger partial charge is 0.307 e. The SMILES string of the molecule is CCOC(=O)CC1(N(CC)CC)CCCC1CC. The number of esters is 1. The molecule has 18 heavy (non-hydrogen) atoms. The van der Waals surface area contributed by atoms with E-state index in [1.165, 1.54) is 12.8 Å². The normalized spacial score (nSPS) is 27.7. The lowest BCUT2D eigenvalue weighted by Crippen LogP contribution is -2.52. The van der Waals surface area contributed by atoms with E-state index in [0.717, 1.165) is 25.9 Å². The molecule has 0 aliphatic heterocycles. The van der Waals surface area contributed by atoms with Crippen molar-refractivity contribution >= 4 is 5.97 Å². The molecule has 1 aliphatic rings. The maximum absolute atomic E-state index is 12.0. The molecule has 2 unspecified atom stereocenters. The van der Waals surface area contributed by atoms with Gasteiger partial charge in [0, 0.05) is 5.54 Å². The van der Waals surface area contributed by atoms with Gasteiger partial charge in [-0.25, -0.2) is 0 Å². The Morgan fingerprint density at radius 1 is 1.28 bits per heavy atom.